The SMILES string of the molecule is CC(c1ccccc1)N1C(=O)/C(=C/c2ccc(COc3cccc(Cl)c3)o2)NC1=S. The fourth-order valence-corrected chi connectivity index (χ4v) is 3.72. The maximum Gasteiger partial charge on any atom is 0.277 e. The van der Waals surface area contributed by atoms with Gasteiger partial charge in [-0.15, -0.1) is 0 Å². The summed E-state index contributed by atoms with van der Waals surface area (Å²) in [5.74, 6) is 1.63. The molecule has 4 rings (SSSR count). The summed E-state index contributed by atoms with van der Waals surface area (Å²) in [5, 5.41) is 3.97. The van der Waals surface area contributed by atoms with Crippen LogP contribution in [0.2, 0.25) is 5.02 Å². The molecule has 1 unspecified atom stereocenters. The average molecular weight is 439 g/mol. The van der Waals surface area contributed by atoms with E-state index in [1.807, 2.05) is 49.4 Å². The molecule has 0 aliphatic carbocycles. The van der Waals surface area contributed by atoms with Crippen LogP contribution in [0.3, 0.4) is 0 Å². The summed E-state index contributed by atoms with van der Waals surface area (Å²) in [4.78, 5) is 14.5. The lowest BCUT2D eigenvalue weighted by atomic mass is 10.1. The number of furan rings is 1. The first-order valence-corrected chi connectivity index (χ1v) is 10.2. The third-order valence-corrected chi connectivity index (χ3v) is 5.26. The van der Waals surface area contributed by atoms with Crippen LogP contribution in [0, 0.1) is 0 Å². The number of halogens is 1. The van der Waals surface area contributed by atoms with Crippen molar-refractivity contribution in [2.75, 3.05) is 0 Å². The van der Waals surface area contributed by atoms with E-state index in [1.165, 1.54) is 0 Å². The van der Waals surface area contributed by atoms with Crippen molar-refractivity contribution in [1.29, 1.82) is 0 Å². The summed E-state index contributed by atoms with van der Waals surface area (Å²) in [6, 6.07) is 20.3. The summed E-state index contributed by atoms with van der Waals surface area (Å²) in [7, 11) is 0. The van der Waals surface area contributed by atoms with E-state index in [9.17, 15) is 4.79 Å². The van der Waals surface area contributed by atoms with E-state index in [0.717, 1.165) is 5.56 Å². The fraction of sp³-hybridized carbons (Fsp3) is 0.130. The van der Waals surface area contributed by atoms with Crippen LogP contribution in [0.25, 0.3) is 6.08 Å². The molecule has 152 valence electrons. The van der Waals surface area contributed by atoms with Crippen molar-refractivity contribution in [2.45, 2.75) is 19.6 Å². The second kappa shape index (κ2) is 8.73. The molecule has 1 N–H and O–H groups in total. The van der Waals surface area contributed by atoms with Gasteiger partial charge in [0.15, 0.2) is 5.11 Å². The van der Waals surface area contributed by atoms with Gasteiger partial charge < -0.3 is 14.5 Å². The minimum absolute atomic E-state index is 0.178. The molecule has 7 heteroatoms. The quantitative estimate of drug-likeness (QED) is 0.416. The standard InChI is InChI=1S/C23H19ClN2O3S/c1-15(16-6-3-2-4-7-16)26-22(27)21(25-23(26)30)13-19-10-11-20(29-19)14-28-18-9-5-8-17(24)12-18/h2-13,15H,14H2,1H3,(H,25,30)/b21-13-. The Hall–Kier alpha value is -3.09. The van der Waals surface area contributed by atoms with E-state index in [0.29, 0.717) is 33.1 Å². The number of nitrogens with zero attached hydrogens (tertiary/aromatic N) is 1. The zero-order valence-electron chi connectivity index (χ0n) is 16.2. The molecule has 1 amide bonds. The summed E-state index contributed by atoms with van der Waals surface area (Å²) in [5.41, 5.74) is 1.38. The van der Waals surface area contributed by atoms with Crippen LogP contribution in [-0.4, -0.2) is 15.9 Å². The Kier molecular flexibility index (Phi) is 5.88. The maximum atomic E-state index is 12.9. The van der Waals surface area contributed by atoms with Crippen LogP contribution in [-0.2, 0) is 11.4 Å². The van der Waals surface area contributed by atoms with Crippen molar-refractivity contribution in [2.24, 2.45) is 0 Å². The third-order valence-electron chi connectivity index (χ3n) is 4.73. The lowest BCUT2D eigenvalue weighted by Crippen LogP contribution is -2.33. The number of nitrogens with one attached hydrogen (secondary N) is 1. The van der Waals surface area contributed by atoms with Gasteiger partial charge in [0.25, 0.3) is 5.91 Å². The van der Waals surface area contributed by atoms with Crippen molar-refractivity contribution >= 4 is 40.9 Å². The van der Waals surface area contributed by atoms with E-state index in [4.69, 9.17) is 33.0 Å². The Bertz CT molecular complexity index is 1110. The minimum Gasteiger partial charge on any atom is -0.486 e. The van der Waals surface area contributed by atoms with Crippen molar-refractivity contribution in [3.63, 3.8) is 0 Å². The van der Waals surface area contributed by atoms with Gasteiger partial charge in [-0.3, -0.25) is 9.69 Å². The number of benzene rings is 2. The fourth-order valence-electron chi connectivity index (χ4n) is 3.18. The molecule has 0 radical (unpaired) electrons. The molecule has 0 saturated carbocycles. The molecule has 1 fully saturated rings. The van der Waals surface area contributed by atoms with Gasteiger partial charge in [0.05, 0.1) is 6.04 Å². The van der Waals surface area contributed by atoms with E-state index in [1.54, 1.807) is 35.2 Å². The van der Waals surface area contributed by atoms with Crippen LogP contribution in [0.1, 0.15) is 30.0 Å². The van der Waals surface area contributed by atoms with Crippen LogP contribution in [0.15, 0.2) is 76.8 Å². The van der Waals surface area contributed by atoms with Crippen LogP contribution < -0.4 is 10.1 Å². The van der Waals surface area contributed by atoms with Gasteiger partial charge in [0.2, 0.25) is 0 Å². The first-order chi connectivity index (χ1) is 14.5. The highest BCUT2D eigenvalue weighted by Crippen LogP contribution is 2.26. The Balaban J connectivity index is 1.45. The lowest BCUT2D eigenvalue weighted by molar-refractivity contribution is -0.123. The second-order valence-electron chi connectivity index (χ2n) is 6.80. The third kappa shape index (κ3) is 4.40. The molecule has 1 aromatic heterocycles. The molecular weight excluding hydrogens is 420 g/mol. The molecule has 2 heterocycles. The van der Waals surface area contributed by atoms with Gasteiger partial charge in [-0.2, -0.15) is 0 Å². The van der Waals surface area contributed by atoms with Gasteiger partial charge in [0, 0.05) is 11.1 Å². The zero-order valence-corrected chi connectivity index (χ0v) is 17.7. The summed E-state index contributed by atoms with van der Waals surface area (Å²) in [6.45, 7) is 2.20. The molecule has 1 aliphatic heterocycles. The molecule has 1 atom stereocenters. The average Bonchev–Trinajstić information content (AvgIpc) is 3.30. The van der Waals surface area contributed by atoms with Crippen LogP contribution >= 0.6 is 23.8 Å². The van der Waals surface area contributed by atoms with Gasteiger partial charge in [-0.05, 0) is 55.0 Å². The molecule has 3 aromatic rings. The first kappa shape index (κ1) is 20.2. The van der Waals surface area contributed by atoms with Gasteiger partial charge >= 0.3 is 0 Å². The van der Waals surface area contributed by atoms with Crippen molar-refractivity contribution in [3.05, 3.63) is 94.5 Å². The van der Waals surface area contributed by atoms with Gasteiger partial charge in [-0.25, -0.2) is 0 Å². The zero-order chi connectivity index (χ0) is 21.1. The number of amides is 1. The van der Waals surface area contributed by atoms with Crippen molar-refractivity contribution in [1.82, 2.24) is 10.2 Å². The topological polar surface area (TPSA) is 54.7 Å². The molecule has 2 aromatic carbocycles. The highest BCUT2D eigenvalue weighted by Gasteiger charge is 2.35. The number of carbonyl (C=O) groups excluding carboxylic acids is 1. The highest BCUT2D eigenvalue weighted by molar-refractivity contribution is 7.80. The molecule has 1 saturated heterocycles. The Morgan fingerprint density at radius 2 is 1.97 bits per heavy atom. The summed E-state index contributed by atoms with van der Waals surface area (Å²) in [6.07, 6.45) is 1.65. The van der Waals surface area contributed by atoms with Crippen molar-refractivity contribution < 1.29 is 13.9 Å². The van der Waals surface area contributed by atoms with E-state index < -0.39 is 0 Å². The summed E-state index contributed by atoms with van der Waals surface area (Å²) >= 11 is 11.4. The maximum absolute atomic E-state index is 12.9. The van der Waals surface area contributed by atoms with Crippen LogP contribution in [0.5, 0.6) is 5.75 Å². The normalized spacial score (nSPS) is 16.1. The molecule has 0 spiro atoms. The Morgan fingerprint density at radius 1 is 1.17 bits per heavy atom. The van der Waals surface area contributed by atoms with E-state index >= 15 is 0 Å². The molecular formula is C23H19ClN2O3S. The van der Waals surface area contributed by atoms with Gasteiger partial charge in [0.1, 0.15) is 29.6 Å². The number of rotatable bonds is 6. The second-order valence-corrected chi connectivity index (χ2v) is 7.62. The molecule has 0 bridgehead atoms. The number of ether oxygens (including phenoxy) is 1. The van der Waals surface area contributed by atoms with Crippen molar-refractivity contribution in [3.8, 4) is 5.75 Å². The molecule has 5 nitrogen and oxygen atoms in total. The largest absolute Gasteiger partial charge is 0.486 e. The predicted octanol–water partition coefficient (Wildman–Crippen LogP) is 5.33. The Morgan fingerprint density at radius 3 is 2.73 bits per heavy atom. The number of hydrogen-bond donors (Lipinski definition) is 1. The smallest absolute Gasteiger partial charge is 0.277 e. The highest BCUT2D eigenvalue weighted by atomic mass is 35.5. The van der Waals surface area contributed by atoms with E-state index in [-0.39, 0.29) is 18.6 Å². The Labute approximate surface area is 184 Å². The van der Waals surface area contributed by atoms with Crippen LogP contribution in [0.4, 0.5) is 0 Å². The monoisotopic (exact) mass is 438 g/mol. The summed E-state index contributed by atoms with van der Waals surface area (Å²) < 4.78 is 11.5. The molecule has 30 heavy (non-hydrogen) atoms. The number of carbonyl (C=O) groups is 1. The lowest BCUT2D eigenvalue weighted by Gasteiger charge is -2.23. The number of hydrogen-bond acceptors (Lipinski definition) is 4. The molecule has 1 aliphatic rings. The minimum atomic E-state index is -0.190. The van der Waals surface area contributed by atoms with E-state index in [2.05, 4.69) is 5.32 Å². The number of thiocarbonyl (C=S) groups is 1. The van der Waals surface area contributed by atoms with Gasteiger partial charge in [-0.1, -0.05) is 48.0 Å². The first-order valence-electron chi connectivity index (χ1n) is 9.39. The predicted molar refractivity (Wildman–Crippen MR) is 120 cm³/mol.